The van der Waals surface area contributed by atoms with Crippen molar-refractivity contribution in [2.75, 3.05) is 0 Å². The first kappa shape index (κ1) is 14.9. The molecule has 0 saturated carbocycles. The molecule has 1 aliphatic rings. The van der Waals surface area contributed by atoms with Crippen molar-refractivity contribution in [2.24, 2.45) is 0 Å². The minimum Gasteiger partial charge on any atom is -0.472 e. The molecule has 3 heteroatoms. The minimum atomic E-state index is -0.441. The number of esters is 1. The quantitative estimate of drug-likeness (QED) is 0.480. The molecule has 1 heterocycles. The maximum atomic E-state index is 11.0. The number of terminal acetylenes is 1. The van der Waals surface area contributed by atoms with Crippen molar-refractivity contribution in [1.29, 1.82) is 0 Å². The Bertz CT molecular complexity index is 823. The van der Waals surface area contributed by atoms with Crippen molar-refractivity contribution in [1.82, 2.24) is 0 Å². The highest BCUT2D eigenvalue weighted by Crippen LogP contribution is 2.35. The maximum absolute atomic E-state index is 11.0. The Kier molecular flexibility index (Phi) is 3.91. The zero-order valence-electron chi connectivity index (χ0n) is 13.0. The predicted molar refractivity (Wildman–Crippen MR) is 90.1 cm³/mol. The monoisotopic (exact) mass is 304 g/mol. The van der Waals surface area contributed by atoms with Crippen molar-refractivity contribution in [2.45, 2.75) is 20.0 Å². The third-order valence-corrected chi connectivity index (χ3v) is 3.61. The van der Waals surface area contributed by atoms with E-state index in [-0.39, 0.29) is 5.97 Å². The summed E-state index contributed by atoms with van der Waals surface area (Å²) in [6.45, 7) is 3.39. The summed E-state index contributed by atoms with van der Waals surface area (Å²) in [6.07, 6.45) is 7.24. The third-order valence-electron chi connectivity index (χ3n) is 3.61. The molecule has 23 heavy (non-hydrogen) atoms. The van der Waals surface area contributed by atoms with Crippen LogP contribution < -0.4 is 9.47 Å². The molecule has 3 nitrogen and oxygen atoms in total. The molecule has 0 spiro atoms. The Morgan fingerprint density at radius 3 is 2.61 bits per heavy atom. The fourth-order valence-corrected chi connectivity index (χ4v) is 2.54. The molecule has 0 saturated heterocycles. The zero-order chi connectivity index (χ0) is 16.4. The van der Waals surface area contributed by atoms with Gasteiger partial charge in [-0.05, 0) is 42.3 Å². The van der Waals surface area contributed by atoms with Gasteiger partial charge in [-0.2, -0.15) is 0 Å². The average Bonchev–Trinajstić information content (AvgIpc) is 2.53. The molecule has 3 rings (SSSR count). The molecule has 1 aliphatic heterocycles. The van der Waals surface area contributed by atoms with Crippen LogP contribution in [0.4, 0.5) is 0 Å². The van der Waals surface area contributed by atoms with Crippen LogP contribution in [0.1, 0.15) is 23.6 Å². The summed E-state index contributed by atoms with van der Waals surface area (Å²) in [7, 11) is 0. The topological polar surface area (TPSA) is 35.5 Å². The first-order chi connectivity index (χ1) is 11.1. The van der Waals surface area contributed by atoms with Crippen LogP contribution in [0.5, 0.6) is 11.5 Å². The van der Waals surface area contributed by atoms with E-state index in [9.17, 15) is 4.79 Å². The number of carbonyl (C=O) groups is 1. The van der Waals surface area contributed by atoms with Crippen LogP contribution in [-0.2, 0) is 4.79 Å². The van der Waals surface area contributed by atoms with E-state index in [1.165, 1.54) is 6.92 Å². The molecule has 0 N–H and O–H groups in total. The normalized spacial score (nSPS) is 15.7. The van der Waals surface area contributed by atoms with E-state index in [4.69, 9.17) is 15.9 Å². The highest BCUT2D eigenvalue weighted by molar-refractivity contribution is 5.89. The van der Waals surface area contributed by atoms with Crippen molar-refractivity contribution in [3.63, 3.8) is 0 Å². The number of carbonyl (C=O) groups excluding carboxylic acids is 1. The van der Waals surface area contributed by atoms with Gasteiger partial charge in [-0.25, -0.2) is 0 Å². The van der Waals surface area contributed by atoms with E-state index in [2.05, 4.69) is 5.92 Å². The summed E-state index contributed by atoms with van der Waals surface area (Å²) in [5, 5.41) is 0. The van der Waals surface area contributed by atoms with Gasteiger partial charge in [0.15, 0.2) is 6.10 Å². The lowest BCUT2D eigenvalue weighted by atomic mass is 9.95. The summed E-state index contributed by atoms with van der Waals surface area (Å²) in [5.41, 5.74) is 3.98. The Labute approximate surface area is 135 Å². The van der Waals surface area contributed by atoms with Gasteiger partial charge in [-0.1, -0.05) is 30.2 Å². The lowest BCUT2D eigenvalue weighted by Crippen LogP contribution is -2.20. The number of ether oxygens (including phenoxy) is 2. The average molecular weight is 304 g/mol. The minimum absolute atomic E-state index is 0.344. The van der Waals surface area contributed by atoms with Gasteiger partial charge in [0.25, 0.3) is 0 Å². The van der Waals surface area contributed by atoms with E-state index in [0.717, 1.165) is 28.0 Å². The first-order valence-corrected chi connectivity index (χ1v) is 7.30. The van der Waals surface area contributed by atoms with Gasteiger partial charge >= 0.3 is 5.97 Å². The summed E-state index contributed by atoms with van der Waals surface area (Å²) < 4.78 is 11.0. The van der Waals surface area contributed by atoms with E-state index in [1.54, 1.807) is 12.1 Å². The molecule has 0 radical (unpaired) electrons. The highest BCUT2D eigenvalue weighted by atomic mass is 16.5. The van der Waals surface area contributed by atoms with Crippen molar-refractivity contribution in [3.05, 3.63) is 59.2 Å². The van der Waals surface area contributed by atoms with Crippen LogP contribution in [-0.4, -0.2) is 12.1 Å². The van der Waals surface area contributed by atoms with Gasteiger partial charge in [-0.15, -0.1) is 6.42 Å². The Morgan fingerprint density at radius 2 is 1.96 bits per heavy atom. The number of benzene rings is 2. The number of aryl methyl sites for hydroxylation is 1. The highest BCUT2D eigenvalue weighted by Gasteiger charge is 2.22. The second kappa shape index (κ2) is 6.02. The van der Waals surface area contributed by atoms with Crippen LogP contribution in [0.25, 0.3) is 11.6 Å². The van der Waals surface area contributed by atoms with Crippen LogP contribution in [0.2, 0.25) is 0 Å². The molecule has 0 aromatic heterocycles. The second-order valence-electron chi connectivity index (χ2n) is 5.42. The predicted octanol–water partition coefficient (Wildman–Crippen LogP) is 3.86. The van der Waals surface area contributed by atoms with Crippen LogP contribution in [0, 0.1) is 19.3 Å². The molecule has 0 amide bonds. The molecule has 114 valence electrons. The first-order valence-electron chi connectivity index (χ1n) is 7.30. The number of hydrogen-bond acceptors (Lipinski definition) is 3. The largest absolute Gasteiger partial charge is 0.472 e. The Morgan fingerprint density at radius 1 is 1.22 bits per heavy atom. The standard InChI is InChI=1S/C20H16O3/c1-4-19-18(12-16-6-5-13(2)11-20(16)23-19)15-7-9-17(10-8-15)22-14(3)21/h1,5-12,19H,2-3H3. The number of rotatable bonds is 2. The van der Waals surface area contributed by atoms with E-state index in [1.807, 2.05) is 43.3 Å². The summed E-state index contributed by atoms with van der Waals surface area (Å²) in [6, 6.07) is 13.3. The SMILES string of the molecule is C#CC1Oc2cc(C)ccc2C=C1c1ccc(OC(C)=O)cc1. The van der Waals surface area contributed by atoms with E-state index >= 15 is 0 Å². The van der Waals surface area contributed by atoms with Crippen LogP contribution in [0.3, 0.4) is 0 Å². The van der Waals surface area contributed by atoms with Crippen LogP contribution >= 0.6 is 0 Å². The number of hydrogen-bond donors (Lipinski definition) is 0. The summed E-state index contributed by atoms with van der Waals surface area (Å²) in [5.74, 6) is 3.65. The molecule has 1 unspecified atom stereocenters. The summed E-state index contributed by atoms with van der Waals surface area (Å²) >= 11 is 0. The van der Waals surface area contributed by atoms with Gasteiger partial charge in [-0.3, -0.25) is 4.79 Å². The molecule has 2 aromatic rings. The third kappa shape index (κ3) is 3.12. The Balaban J connectivity index is 1.98. The van der Waals surface area contributed by atoms with Crippen molar-refractivity contribution >= 4 is 17.6 Å². The second-order valence-corrected chi connectivity index (χ2v) is 5.42. The van der Waals surface area contributed by atoms with Crippen molar-refractivity contribution in [3.8, 4) is 23.8 Å². The van der Waals surface area contributed by atoms with Gasteiger partial charge < -0.3 is 9.47 Å². The number of fused-ring (bicyclic) bond motifs is 1. The molecule has 2 aromatic carbocycles. The molecule has 0 bridgehead atoms. The van der Waals surface area contributed by atoms with Gasteiger partial charge in [0, 0.05) is 18.1 Å². The van der Waals surface area contributed by atoms with Gasteiger partial charge in [0.2, 0.25) is 0 Å². The molecular formula is C20H16O3. The molecule has 1 atom stereocenters. The lowest BCUT2D eigenvalue weighted by Gasteiger charge is -2.24. The van der Waals surface area contributed by atoms with E-state index < -0.39 is 6.10 Å². The molecule has 0 fully saturated rings. The molecule has 0 aliphatic carbocycles. The molecular weight excluding hydrogens is 288 g/mol. The van der Waals surface area contributed by atoms with E-state index in [0.29, 0.717) is 5.75 Å². The van der Waals surface area contributed by atoms with Crippen LogP contribution in [0.15, 0.2) is 42.5 Å². The van der Waals surface area contributed by atoms with Crippen molar-refractivity contribution < 1.29 is 14.3 Å². The lowest BCUT2D eigenvalue weighted by molar-refractivity contribution is -0.131. The fraction of sp³-hybridized carbons (Fsp3) is 0.150. The fourth-order valence-electron chi connectivity index (χ4n) is 2.54. The zero-order valence-corrected chi connectivity index (χ0v) is 13.0. The van der Waals surface area contributed by atoms with Gasteiger partial charge in [0.05, 0.1) is 0 Å². The maximum Gasteiger partial charge on any atom is 0.308 e. The summed E-state index contributed by atoms with van der Waals surface area (Å²) in [4.78, 5) is 11.0. The smallest absolute Gasteiger partial charge is 0.308 e. The Hall–Kier alpha value is -2.99. The van der Waals surface area contributed by atoms with Gasteiger partial charge in [0.1, 0.15) is 11.5 Å².